The van der Waals surface area contributed by atoms with Crippen molar-refractivity contribution in [2.24, 2.45) is 0 Å². The molecule has 3 aromatic carbocycles. The fourth-order valence-electron chi connectivity index (χ4n) is 4.11. The molecule has 0 aromatic heterocycles. The van der Waals surface area contributed by atoms with Crippen LogP contribution >= 0.6 is 39.1 Å². The van der Waals surface area contributed by atoms with Crippen LogP contribution in [0.5, 0.6) is 23.0 Å². The lowest BCUT2D eigenvalue weighted by molar-refractivity contribution is -0.123. The van der Waals surface area contributed by atoms with Crippen LogP contribution < -0.4 is 23.8 Å². The minimum Gasteiger partial charge on any atom is -0.755 e. The van der Waals surface area contributed by atoms with E-state index in [9.17, 15) is 13.6 Å². The summed E-state index contributed by atoms with van der Waals surface area (Å²) in [5, 5.41) is 3.48. The molecule has 1 unspecified atom stereocenters. The third-order valence-electron chi connectivity index (χ3n) is 6.48. The first-order chi connectivity index (χ1) is 18.7. The highest BCUT2D eigenvalue weighted by molar-refractivity contribution is 9.10. The third-order valence-corrected chi connectivity index (χ3v) is 8.35. The first-order valence-electron chi connectivity index (χ1n) is 12.1. The first-order valence-corrected chi connectivity index (χ1v) is 14.7. The number of hydrogen-bond acceptors (Lipinski definition) is 6. The van der Waals surface area contributed by atoms with Gasteiger partial charge in [0.15, 0.2) is 5.75 Å². The zero-order valence-electron chi connectivity index (χ0n) is 20.7. The number of nitrogens with zero attached hydrogens (tertiary/aromatic N) is 1. The Labute approximate surface area is 247 Å². The average molecular weight is 655 g/mol. The molecule has 3 aromatic rings. The summed E-state index contributed by atoms with van der Waals surface area (Å²) in [4.78, 5) is 13.2. The Morgan fingerprint density at radius 1 is 1.10 bits per heavy atom. The van der Waals surface area contributed by atoms with Gasteiger partial charge in [0.25, 0.3) is 0 Å². The van der Waals surface area contributed by atoms with Crippen LogP contribution in [0.3, 0.4) is 0 Å². The Kier molecular flexibility index (Phi) is 8.30. The molecule has 0 radical (unpaired) electrons. The Bertz CT molecular complexity index is 1390. The molecular formula is C27H24BrCl2N2O6S-. The fourth-order valence-corrected chi connectivity index (χ4v) is 6.25. The number of nitrogens with one attached hydrogen (secondary N) is 1. The number of halogens is 3. The second-order valence-corrected chi connectivity index (χ2v) is 11.9. The maximum Gasteiger partial charge on any atom is 0.247 e. The summed E-state index contributed by atoms with van der Waals surface area (Å²) in [5.41, 5.74) is -0.223. The first kappa shape index (κ1) is 28.0. The molecule has 0 saturated heterocycles. The maximum absolute atomic E-state index is 13.2. The van der Waals surface area contributed by atoms with Crippen molar-refractivity contribution < 1.29 is 27.8 Å². The Balaban J connectivity index is 1.50. The molecule has 2 aliphatic carbocycles. The number of ether oxygens (including phenoxy) is 3. The predicted molar refractivity (Wildman–Crippen MR) is 153 cm³/mol. The Morgan fingerprint density at radius 2 is 1.74 bits per heavy atom. The molecule has 2 saturated carbocycles. The van der Waals surface area contributed by atoms with Gasteiger partial charge in [-0.3, -0.25) is 13.3 Å². The minimum atomic E-state index is -2.79. The number of amides is 1. The lowest BCUT2D eigenvalue weighted by Crippen LogP contribution is -2.51. The van der Waals surface area contributed by atoms with E-state index in [1.807, 2.05) is 24.3 Å². The van der Waals surface area contributed by atoms with Gasteiger partial charge in [-0.15, -0.1) is 0 Å². The van der Waals surface area contributed by atoms with Crippen LogP contribution in [-0.4, -0.2) is 33.4 Å². The van der Waals surface area contributed by atoms with Crippen LogP contribution in [0.2, 0.25) is 10.0 Å². The average Bonchev–Trinajstić information content (AvgIpc) is 3.83. The van der Waals surface area contributed by atoms with Gasteiger partial charge in [0.1, 0.15) is 29.4 Å². The van der Waals surface area contributed by atoms with E-state index in [0.29, 0.717) is 23.1 Å². The summed E-state index contributed by atoms with van der Waals surface area (Å²) in [6.07, 6.45) is 2.53. The van der Waals surface area contributed by atoms with E-state index in [-0.39, 0.29) is 51.5 Å². The number of carbonyl (C=O) groups is 1. The van der Waals surface area contributed by atoms with Gasteiger partial charge in [0.05, 0.1) is 22.8 Å². The van der Waals surface area contributed by atoms with Crippen LogP contribution in [0.15, 0.2) is 59.1 Å². The van der Waals surface area contributed by atoms with Crippen molar-refractivity contribution in [1.29, 1.82) is 0 Å². The van der Waals surface area contributed by atoms with E-state index in [0.717, 1.165) is 22.7 Å². The zero-order valence-corrected chi connectivity index (χ0v) is 24.7. The third kappa shape index (κ3) is 6.30. The van der Waals surface area contributed by atoms with Crippen molar-refractivity contribution in [1.82, 2.24) is 5.32 Å². The number of anilines is 1. The topological polar surface area (TPSA) is 100 Å². The number of benzene rings is 3. The van der Waals surface area contributed by atoms with Gasteiger partial charge in [-0.1, -0.05) is 51.3 Å². The molecule has 0 heterocycles. The van der Waals surface area contributed by atoms with E-state index in [2.05, 4.69) is 21.2 Å². The van der Waals surface area contributed by atoms with Crippen molar-refractivity contribution in [3.63, 3.8) is 0 Å². The highest BCUT2D eigenvalue weighted by Crippen LogP contribution is 2.50. The maximum atomic E-state index is 13.2. The minimum absolute atomic E-state index is 0.0825. The molecule has 1 amide bonds. The van der Waals surface area contributed by atoms with Gasteiger partial charge < -0.3 is 24.1 Å². The summed E-state index contributed by atoms with van der Waals surface area (Å²) in [5.74, 6) is 1.13. The van der Waals surface area contributed by atoms with Crippen LogP contribution in [-0.2, 0) is 22.7 Å². The summed E-state index contributed by atoms with van der Waals surface area (Å²) in [6.45, 7) is 0.155. The van der Waals surface area contributed by atoms with Gasteiger partial charge in [-0.25, -0.2) is 0 Å². The van der Waals surface area contributed by atoms with E-state index in [1.54, 1.807) is 31.4 Å². The molecule has 0 bridgehead atoms. The molecule has 5 rings (SSSR count). The van der Waals surface area contributed by atoms with Crippen molar-refractivity contribution in [3.05, 3.63) is 74.7 Å². The van der Waals surface area contributed by atoms with Crippen LogP contribution in [0.4, 0.5) is 5.69 Å². The molecule has 2 fully saturated rings. The number of hydrogen-bond donors (Lipinski definition) is 1. The molecule has 12 heteroatoms. The van der Waals surface area contributed by atoms with Gasteiger partial charge in [-0.05, 0) is 67.6 Å². The van der Waals surface area contributed by atoms with E-state index in [4.69, 9.17) is 37.4 Å². The normalized spacial score (nSPS) is 16.2. The molecule has 2 aliphatic rings. The molecule has 0 aliphatic heterocycles. The summed E-state index contributed by atoms with van der Waals surface area (Å²) in [6, 6.07) is 15.4. The lowest BCUT2D eigenvalue weighted by atomic mass is 10.2. The zero-order chi connectivity index (χ0) is 27.7. The number of carbonyl (C=O) groups excluding carboxylic acids is 1. The van der Waals surface area contributed by atoms with Crippen molar-refractivity contribution in [2.75, 3.05) is 11.4 Å². The van der Waals surface area contributed by atoms with Crippen molar-refractivity contribution in [2.45, 2.75) is 43.9 Å². The van der Waals surface area contributed by atoms with E-state index in [1.165, 1.54) is 6.07 Å². The highest BCUT2D eigenvalue weighted by Gasteiger charge is 2.57. The second kappa shape index (κ2) is 11.5. The largest absolute Gasteiger partial charge is 0.755 e. The predicted octanol–water partition coefficient (Wildman–Crippen LogP) is 6.55. The second-order valence-electron chi connectivity index (χ2n) is 9.36. The lowest BCUT2D eigenvalue weighted by Gasteiger charge is -2.35. The van der Waals surface area contributed by atoms with Crippen LogP contribution in [0.1, 0.15) is 31.2 Å². The molecule has 1 N–H and O–H groups in total. The summed E-state index contributed by atoms with van der Waals surface area (Å²) in [7, 11) is 1.58. The van der Waals surface area contributed by atoms with Gasteiger partial charge in [0, 0.05) is 27.8 Å². The molecule has 1 atom stereocenters. The van der Waals surface area contributed by atoms with Gasteiger partial charge in [-0.2, -0.15) is 0 Å². The summed E-state index contributed by atoms with van der Waals surface area (Å²) >= 11 is 13.2. The molecule has 8 nitrogen and oxygen atoms in total. The van der Waals surface area contributed by atoms with E-state index < -0.39 is 16.8 Å². The highest BCUT2D eigenvalue weighted by atomic mass is 79.9. The fraction of sp³-hybridized carbons (Fsp3) is 0.296. The molecule has 0 spiro atoms. The standard InChI is InChI=1S/C27H25BrCl2N2O6S/c1-36-19-6-2-16(3-7-19)15-37-24-9-8-20(38-25-21(29)12-17(28)13-22(25)30)14-23(24)32(39(34)35)27(10-11-27)26(33)31-18-4-5-18/h2-3,6-9,12-14,18H,4-5,10-11,15H2,1H3,(H,31,33)(H,34,35)/p-1. The van der Waals surface area contributed by atoms with E-state index >= 15 is 0 Å². The number of methoxy groups -OCH3 is 1. The van der Waals surface area contributed by atoms with Crippen molar-refractivity contribution in [3.8, 4) is 23.0 Å². The smallest absolute Gasteiger partial charge is 0.247 e. The monoisotopic (exact) mass is 653 g/mol. The van der Waals surface area contributed by atoms with Crippen LogP contribution in [0.25, 0.3) is 0 Å². The summed E-state index contributed by atoms with van der Waals surface area (Å²) < 4.78 is 44.4. The Morgan fingerprint density at radius 3 is 2.31 bits per heavy atom. The van der Waals surface area contributed by atoms with Gasteiger partial charge in [0.2, 0.25) is 5.91 Å². The van der Waals surface area contributed by atoms with Gasteiger partial charge >= 0.3 is 0 Å². The molecular weight excluding hydrogens is 631 g/mol. The SMILES string of the molecule is COc1ccc(COc2ccc(Oc3c(Cl)cc(Br)cc3Cl)cc2N(S(=O)[O-])C2(C(=O)NC3CC3)CC2)cc1. The Hall–Kier alpha value is -2.50. The molecule has 39 heavy (non-hydrogen) atoms. The van der Waals surface area contributed by atoms with Crippen molar-refractivity contribution >= 4 is 62.0 Å². The quantitative estimate of drug-likeness (QED) is 0.236. The number of rotatable bonds is 11. The van der Waals surface area contributed by atoms with Crippen LogP contribution in [0, 0.1) is 0 Å². The molecule has 206 valence electrons.